The summed E-state index contributed by atoms with van der Waals surface area (Å²) in [6.07, 6.45) is 5.96. The second-order valence-corrected chi connectivity index (χ2v) is 42.2. The molecule has 16 rings (SSSR count). The Balaban J connectivity index is 0.000000139. The number of anilines is 3. The second-order valence-electron chi connectivity index (χ2n) is 23.1. The summed E-state index contributed by atoms with van der Waals surface area (Å²) in [5.74, 6) is 1.87. The van der Waals surface area contributed by atoms with Crippen LogP contribution in [0.15, 0.2) is 283 Å². The van der Waals surface area contributed by atoms with E-state index in [2.05, 4.69) is 24.3 Å². The molecule has 0 amide bonds. The van der Waals surface area contributed by atoms with Gasteiger partial charge in [-0.25, -0.2) is 80.7 Å². The van der Waals surface area contributed by atoms with Gasteiger partial charge in [0.05, 0.1) is 51.3 Å². The van der Waals surface area contributed by atoms with Crippen molar-refractivity contribution in [2.75, 3.05) is 59.0 Å². The number of fused-ring (bicyclic) bond motifs is 6. The minimum absolute atomic E-state index is 0.0171. The van der Waals surface area contributed by atoms with Gasteiger partial charge in [0.15, 0.2) is 23.0 Å². The van der Waals surface area contributed by atoms with Crippen molar-refractivity contribution in [3.63, 3.8) is 0 Å². The number of hydrogen-bond donors (Lipinski definition) is 0. The topological polar surface area (TPSA) is 251 Å². The molecule has 0 saturated heterocycles. The molecule has 544 valence electrons. The molecule has 1 aliphatic carbocycles. The molecule has 5 aliphatic heterocycles. The third-order valence-electron chi connectivity index (χ3n) is 16.6. The monoisotopic (exact) mass is 1640 g/mol. The molecule has 5 heterocycles. The van der Waals surface area contributed by atoms with Gasteiger partial charge in [-0.05, 0) is 169 Å². The highest BCUT2D eigenvalue weighted by Gasteiger charge is 2.34. The van der Waals surface area contributed by atoms with E-state index < -0.39 is 69.4 Å². The van der Waals surface area contributed by atoms with Crippen LogP contribution in [-0.2, 0) is 90.1 Å². The molecule has 19 nitrogen and oxygen atoms in total. The normalized spacial score (nSPS) is 14.4. The number of ether oxygens (including phenoxy) is 4. The van der Waals surface area contributed by atoms with E-state index >= 15 is 0 Å². The van der Waals surface area contributed by atoms with Gasteiger partial charge in [0.1, 0.15) is 26.4 Å². The number of halogens is 5. The van der Waals surface area contributed by atoms with E-state index in [-0.39, 0.29) is 31.0 Å². The zero-order valence-corrected chi connectivity index (χ0v) is 65.0. The predicted octanol–water partition coefficient (Wildman–Crippen LogP) is 14.8. The molecular weight excluding hydrogens is 1570 g/mol. The lowest BCUT2D eigenvalue weighted by Crippen LogP contribution is -2.29. The summed E-state index contributed by atoms with van der Waals surface area (Å²) >= 11 is -1.72. The largest absolute Gasteiger partial charge is 0.643 e. The zero-order chi connectivity index (χ0) is 74.3. The van der Waals surface area contributed by atoms with Gasteiger partial charge < -0.3 is 18.9 Å². The van der Waals surface area contributed by atoms with Crippen LogP contribution in [0.2, 0.25) is 0 Å². The van der Waals surface area contributed by atoms with Crippen LogP contribution < -0.4 is 31.9 Å². The average Bonchev–Trinajstić information content (AvgIpc) is 1.49. The van der Waals surface area contributed by atoms with Gasteiger partial charge in [-0.15, -0.1) is 0 Å². The number of hydrogen-bond acceptors (Lipinski definition) is 16. The van der Waals surface area contributed by atoms with Crippen molar-refractivity contribution in [3.05, 3.63) is 277 Å². The quantitative estimate of drug-likeness (QED) is 0.0911. The molecule has 0 bridgehead atoms. The van der Waals surface area contributed by atoms with Gasteiger partial charge in [0.2, 0.25) is 9.84 Å². The van der Waals surface area contributed by atoms with Gasteiger partial charge >= 0.3 is 11.4 Å². The molecule has 0 unspecified atom stereocenters. The highest BCUT2D eigenvalue weighted by molar-refractivity contribution is 8.14. The Morgan fingerprint density at radius 2 is 0.567 bits per heavy atom. The van der Waals surface area contributed by atoms with E-state index in [1.165, 1.54) is 80.7 Å². The van der Waals surface area contributed by atoms with Crippen molar-refractivity contribution >= 4 is 138 Å². The first-order valence-electron chi connectivity index (χ1n) is 32.1. The first-order chi connectivity index (χ1) is 49.6. The molecule has 0 radical (unpaired) electrons. The van der Waals surface area contributed by atoms with Gasteiger partial charge in [-0.1, -0.05) is 133 Å². The molecule has 0 spiro atoms. The van der Waals surface area contributed by atoms with Gasteiger partial charge in [0, 0.05) is 53.1 Å². The van der Waals surface area contributed by atoms with Crippen LogP contribution in [0.25, 0.3) is 0 Å². The number of rotatable bonds is 10. The number of sulfonamides is 3. The van der Waals surface area contributed by atoms with Crippen molar-refractivity contribution in [3.8, 4) is 23.0 Å². The lowest BCUT2D eigenvalue weighted by Gasteiger charge is -2.20. The Kier molecular flexibility index (Phi) is 26.8. The van der Waals surface area contributed by atoms with Crippen LogP contribution in [0.4, 0.5) is 17.1 Å². The third kappa shape index (κ3) is 19.9. The van der Waals surface area contributed by atoms with Crippen molar-refractivity contribution in [1.29, 1.82) is 0 Å². The molecule has 0 atom stereocenters. The SMILES string of the molecule is O=S(=O)(Cl)c1ccc2c(c1)OCCO2.O=S(=O)(Cl)c1ccccc1.O=S(=O)(c1ccc2c(c1)CCN2S(=O)(=O)c1ccccc1)c1ccc2c(c1)OCCO2.O=S(=O)(c1ccccc1)N1CCc2ccccc21.O=S(=O)(c1ccccc1)N1CCc2ccccc21.[Cl][Al]([Cl])[Cl].c1ccc2c(c1)CCC2. The molecule has 0 fully saturated rings. The number of nitrogens with zero attached hydrogens (tertiary/aromatic N) is 3. The molecular formula is C73H67AlCl5N3O16S6. The highest BCUT2D eigenvalue weighted by Crippen LogP contribution is 2.40. The number of benzene rings is 10. The fourth-order valence-electron chi connectivity index (χ4n) is 11.6. The lowest BCUT2D eigenvalue weighted by molar-refractivity contribution is 0.171. The van der Waals surface area contributed by atoms with E-state index in [4.69, 9.17) is 70.5 Å². The Bertz CT molecular complexity index is 5220. The molecule has 0 saturated carbocycles. The summed E-state index contributed by atoms with van der Waals surface area (Å²) in [7, 11) is 3.46. The van der Waals surface area contributed by atoms with Crippen molar-refractivity contribution in [2.45, 2.75) is 72.8 Å². The zero-order valence-electron chi connectivity index (χ0n) is 55.2. The number of aryl methyl sites for hydroxylation is 2. The average molecular weight is 1640 g/mol. The Hall–Kier alpha value is -7.52. The van der Waals surface area contributed by atoms with Crippen LogP contribution in [-0.4, -0.2) is 108 Å². The summed E-state index contributed by atoms with van der Waals surface area (Å²) in [6.45, 7) is 2.99. The standard InChI is InChI=1S/C22H19NO6S2.2C14H13NO2S.C9H10.C8H7ClO4S.C6H5ClO2S.Al.3ClH/c24-30(25,19-7-9-21-22(15-19)29-13-12-28-21)18-6-8-20-16(14-18)10-11-23(20)31(26,27)17-4-2-1-3-5-17;2*16-18(17,13-7-2-1-3-8-13)15-11-10-12-6-4-5-9-14(12)15;1-2-5-9-7-3-6-8(9)4-1;9-14(10,11)6-1-2-7-8(5-6)13-4-3-12-7;7-10(8,9)6-4-2-1-3-5-6;;;;/h1-9,14-15H,10-13H2;2*1-9H,10-11H2;1-2,4-5H,3,6-7H2;1-2,5H,3-4H2;1-5H;;3*1H/q;;;;;;+3;;;/p-3. The number of sulfone groups is 1. The molecule has 6 aliphatic rings. The molecule has 10 aromatic carbocycles. The van der Waals surface area contributed by atoms with Gasteiger partial charge in [-0.3, -0.25) is 12.9 Å². The summed E-state index contributed by atoms with van der Waals surface area (Å²) in [6, 6.07) is 70.7. The van der Waals surface area contributed by atoms with Crippen LogP contribution in [0, 0.1) is 0 Å². The summed E-state index contributed by atoms with van der Waals surface area (Å²) in [4.78, 5) is 1.27. The predicted molar refractivity (Wildman–Crippen MR) is 408 cm³/mol. The summed E-state index contributed by atoms with van der Waals surface area (Å²) in [5, 5.41) is 0. The fourth-order valence-corrected chi connectivity index (χ4v) is 19.1. The Morgan fingerprint density at radius 3 is 0.942 bits per heavy atom. The van der Waals surface area contributed by atoms with Gasteiger partial charge in [-0.2, -0.15) is 0 Å². The summed E-state index contributed by atoms with van der Waals surface area (Å²) < 4.78 is 171. The maximum atomic E-state index is 13.2. The molecule has 0 N–H and O–H groups in total. The summed E-state index contributed by atoms with van der Waals surface area (Å²) in [5.41, 5.74) is 8.12. The third-order valence-corrected chi connectivity index (χ3v) is 26.5. The minimum atomic E-state index is -3.80. The number of para-hydroxylation sites is 2. The van der Waals surface area contributed by atoms with E-state index in [9.17, 15) is 50.5 Å². The van der Waals surface area contributed by atoms with Crippen LogP contribution in [0.1, 0.15) is 34.2 Å². The molecule has 10 aromatic rings. The Labute approximate surface area is 632 Å². The lowest BCUT2D eigenvalue weighted by atomic mass is 10.1. The highest BCUT2D eigenvalue weighted by atomic mass is 35.8. The maximum absolute atomic E-state index is 13.2. The Morgan fingerprint density at radius 1 is 0.279 bits per heavy atom. The molecule has 104 heavy (non-hydrogen) atoms. The maximum Gasteiger partial charge on any atom is 0.643 e. The van der Waals surface area contributed by atoms with E-state index in [1.807, 2.05) is 60.7 Å². The first-order valence-corrected chi connectivity index (χ1v) is 47.8. The van der Waals surface area contributed by atoms with Crippen LogP contribution in [0.5, 0.6) is 23.0 Å². The first kappa shape index (κ1) is 79.1. The minimum Gasteiger partial charge on any atom is -0.486 e. The van der Waals surface area contributed by atoms with Crippen molar-refractivity contribution in [1.82, 2.24) is 0 Å². The van der Waals surface area contributed by atoms with Crippen LogP contribution in [0.3, 0.4) is 0 Å². The van der Waals surface area contributed by atoms with Crippen molar-refractivity contribution in [2.24, 2.45) is 0 Å². The van der Waals surface area contributed by atoms with Crippen LogP contribution >= 0.6 is 51.5 Å². The smallest absolute Gasteiger partial charge is 0.486 e. The van der Waals surface area contributed by atoms with Crippen molar-refractivity contribution < 1.29 is 69.5 Å². The fraction of sp³-hybridized carbons (Fsp3) is 0.178. The second kappa shape index (κ2) is 35.3. The molecule has 31 heteroatoms. The van der Waals surface area contributed by atoms with E-state index in [0.29, 0.717) is 90.0 Å². The van der Waals surface area contributed by atoms with E-state index in [1.54, 1.807) is 126 Å². The molecule has 0 aromatic heterocycles. The van der Waals surface area contributed by atoms with E-state index in [0.717, 1.165) is 35.3 Å². The van der Waals surface area contributed by atoms with Gasteiger partial charge in [0.25, 0.3) is 48.2 Å².